The molecular formula is C11H20O4. The highest BCUT2D eigenvalue weighted by molar-refractivity contribution is 5.78. The fourth-order valence-electron chi connectivity index (χ4n) is 1.31. The first-order chi connectivity index (χ1) is 7.11. The van der Waals surface area contributed by atoms with Crippen molar-refractivity contribution < 1.29 is 19.1 Å². The van der Waals surface area contributed by atoms with Gasteiger partial charge >= 0.3 is 11.9 Å². The molecule has 15 heavy (non-hydrogen) atoms. The smallest absolute Gasteiger partial charge is 0.347 e. The molecule has 0 aromatic heterocycles. The summed E-state index contributed by atoms with van der Waals surface area (Å²) in [6, 6.07) is 0. The van der Waals surface area contributed by atoms with Gasteiger partial charge in [-0.3, -0.25) is 4.79 Å². The molecule has 4 nitrogen and oxygen atoms in total. The van der Waals surface area contributed by atoms with Crippen molar-refractivity contribution in [2.24, 2.45) is 0 Å². The van der Waals surface area contributed by atoms with Crippen LogP contribution in [0, 0.1) is 0 Å². The van der Waals surface area contributed by atoms with Gasteiger partial charge in [0.1, 0.15) is 0 Å². The third-order valence-electron chi connectivity index (χ3n) is 2.09. The molecule has 0 saturated heterocycles. The molecule has 0 aliphatic carbocycles. The lowest BCUT2D eigenvalue weighted by molar-refractivity contribution is -0.165. The number of ether oxygens (including phenoxy) is 2. The zero-order valence-electron chi connectivity index (χ0n) is 9.75. The van der Waals surface area contributed by atoms with Crippen LogP contribution in [0.3, 0.4) is 0 Å². The minimum Gasteiger partial charge on any atom is -0.466 e. The molecule has 0 amide bonds. The van der Waals surface area contributed by atoms with Gasteiger partial charge in [0.05, 0.1) is 7.11 Å². The molecule has 0 fully saturated rings. The van der Waals surface area contributed by atoms with Crippen molar-refractivity contribution in [1.29, 1.82) is 0 Å². The summed E-state index contributed by atoms with van der Waals surface area (Å²) in [5.74, 6) is -0.914. The predicted octanol–water partition coefficient (Wildman–Crippen LogP) is 2.06. The van der Waals surface area contributed by atoms with E-state index in [1.165, 1.54) is 14.0 Å². The van der Waals surface area contributed by atoms with Crippen molar-refractivity contribution in [3.8, 4) is 0 Å². The van der Waals surface area contributed by atoms with Crippen LogP contribution < -0.4 is 0 Å². The summed E-state index contributed by atoms with van der Waals surface area (Å²) in [6.45, 7) is 3.41. The third-order valence-corrected chi connectivity index (χ3v) is 2.09. The van der Waals surface area contributed by atoms with Gasteiger partial charge in [-0.25, -0.2) is 4.79 Å². The lowest BCUT2D eigenvalue weighted by Gasteiger charge is -2.14. The van der Waals surface area contributed by atoms with Gasteiger partial charge in [0.2, 0.25) is 0 Å². The Labute approximate surface area is 90.9 Å². The number of rotatable bonds is 7. The van der Waals surface area contributed by atoms with Crippen molar-refractivity contribution >= 4 is 11.9 Å². The third kappa shape index (κ3) is 6.94. The maximum absolute atomic E-state index is 11.2. The van der Waals surface area contributed by atoms with E-state index >= 15 is 0 Å². The van der Waals surface area contributed by atoms with Crippen LogP contribution in [-0.2, 0) is 19.1 Å². The summed E-state index contributed by atoms with van der Waals surface area (Å²) in [6.07, 6.45) is 4.01. The zero-order chi connectivity index (χ0) is 11.7. The highest BCUT2D eigenvalue weighted by Gasteiger charge is 2.21. The molecule has 0 spiro atoms. The Morgan fingerprint density at radius 1 is 1.20 bits per heavy atom. The quantitative estimate of drug-likeness (QED) is 0.483. The van der Waals surface area contributed by atoms with Gasteiger partial charge in [0, 0.05) is 6.92 Å². The lowest BCUT2D eigenvalue weighted by Crippen LogP contribution is -2.27. The molecule has 0 bridgehead atoms. The van der Waals surface area contributed by atoms with E-state index in [0.29, 0.717) is 6.42 Å². The Balaban J connectivity index is 3.90. The fraction of sp³-hybridized carbons (Fsp3) is 0.818. The lowest BCUT2D eigenvalue weighted by atomic mass is 10.1. The number of hydrogen-bond donors (Lipinski definition) is 0. The molecule has 1 atom stereocenters. The fourth-order valence-corrected chi connectivity index (χ4v) is 1.31. The average molecular weight is 216 g/mol. The molecule has 0 aromatic carbocycles. The van der Waals surface area contributed by atoms with Crippen LogP contribution in [0.5, 0.6) is 0 Å². The SMILES string of the molecule is CCCCCCC(OC(C)=O)C(=O)OC. The predicted molar refractivity (Wildman–Crippen MR) is 56.3 cm³/mol. The standard InChI is InChI=1S/C11H20O4/c1-4-5-6-7-8-10(11(13)14-3)15-9(2)12/h10H,4-8H2,1-3H3. The molecule has 0 N–H and O–H groups in total. The van der Waals surface area contributed by atoms with E-state index in [0.717, 1.165) is 25.7 Å². The van der Waals surface area contributed by atoms with Gasteiger partial charge in [0.15, 0.2) is 6.10 Å². The van der Waals surface area contributed by atoms with Crippen LogP contribution >= 0.6 is 0 Å². The van der Waals surface area contributed by atoms with Crippen LogP contribution in [-0.4, -0.2) is 25.2 Å². The van der Waals surface area contributed by atoms with Gasteiger partial charge in [-0.05, 0) is 12.8 Å². The van der Waals surface area contributed by atoms with E-state index in [2.05, 4.69) is 11.7 Å². The number of methoxy groups -OCH3 is 1. The summed E-state index contributed by atoms with van der Waals surface area (Å²) in [7, 11) is 1.30. The van der Waals surface area contributed by atoms with Crippen molar-refractivity contribution in [3.05, 3.63) is 0 Å². The van der Waals surface area contributed by atoms with E-state index < -0.39 is 18.0 Å². The zero-order valence-corrected chi connectivity index (χ0v) is 9.75. The molecule has 4 heteroatoms. The Kier molecular flexibility index (Phi) is 7.68. The Morgan fingerprint density at radius 3 is 2.33 bits per heavy atom. The van der Waals surface area contributed by atoms with Crippen LogP contribution in [0.4, 0.5) is 0 Å². The van der Waals surface area contributed by atoms with Crippen molar-refractivity contribution in [1.82, 2.24) is 0 Å². The number of carbonyl (C=O) groups excluding carboxylic acids is 2. The highest BCUT2D eigenvalue weighted by atomic mass is 16.6. The first kappa shape index (κ1) is 13.9. The molecule has 0 aliphatic heterocycles. The second-order valence-corrected chi connectivity index (χ2v) is 3.47. The van der Waals surface area contributed by atoms with E-state index in [1.54, 1.807) is 0 Å². The van der Waals surface area contributed by atoms with Crippen molar-refractivity contribution in [3.63, 3.8) is 0 Å². The molecular weight excluding hydrogens is 196 g/mol. The average Bonchev–Trinajstić information content (AvgIpc) is 2.21. The second kappa shape index (κ2) is 8.26. The molecule has 0 aliphatic rings. The van der Waals surface area contributed by atoms with Gasteiger partial charge < -0.3 is 9.47 Å². The topological polar surface area (TPSA) is 52.6 Å². The molecule has 0 rings (SSSR count). The van der Waals surface area contributed by atoms with Crippen LogP contribution in [0.15, 0.2) is 0 Å². The van der Waals surface area contributed by atoms with Gasteiger partial charge in [0.25, 0.3) is 0 Å². The van der Waals surface area contributed by atoms with E-state index in [-0.39, 0.29) is 0 Å². The van der Waals surface area contributed by atoms with Gasteiger partial charge in [-0.2, -0.15) is 0 Å². The summed E-state index contributed by atoms with van der Waals surface area (Å²) >= 11 is 0. The monoisotopic (exact) mass is 216 g/mol. The maximum Gasteiger partial charge on any atom is 0.347 e. The number of carbonyl (C=O) groups is 2. The van der Waals surface area contributed by atoms with E-state index in [1.807, 2.05) is 0 Å². The first-order valence-electron chi connectivity index (χ1n) is 5.36. The molecule has 88 valence electrons. The Morgan fingerprint density at radius 2 is 1.87 bits per heavy atom. The summed E-state index contributed by atoms with van der Waals surface area (Å²) in [5, 5.41) is 0. The van der Waals surface area contributed by atoms with Crippen molar-refractivity contribution in [2.45, 2.75) is 52.1 Å². The summed E-state index contributed by atoms with van der Waals surface area (Å²) in [5.41, 5.74) is 0. The highest BCUT2D eigenvalue weighted by Crippen LogP contribution is 2.09. The van der Waals surface area contributed by atoms with E-state index in [9.17, 15) is 9.59 Å². The summed E-state index contributed by atoms with van der Waals surface area (Å²) < 4.78 is 9.42. The Bertz CT molecular complexity index is 201. The first-order valence-corrected chi connectivity index (χ1v) is 5.36. The minimum absolute atomic E-state index is 0.444. The molecule has 0 radical (unpaired) electrons. The normalized spacial score (nSPS) is 11.9. The molecule has 0 saturated carbocycles. The number of esters is 2. The number of unbranched alkanes of at least 4 members (excludes halogenated alkanes) is 3. The maximum atomic E-state index is 11.2. The second-order valence-electron chi connectivity index (χ2n) is 3.47. The minimum atomic E-state index is -0.732. The van der Waals surface area contributed by atoms with Crippen LogP contribution in [0.25, 0.3) is 0 Å². The molecule has 0 aromatic rings. The molecule has 1 unspecified atom stereocenters. The van der Waals surface area contributed by atoms with Gasteiger partial charge in [-0.15, -0.1) is 0 Å². The Hall–Kier alpha value is -1.06. The van der Waals surface area contributed by atoms with Crippen LogP contribution in [0.2, 0.25) is 0 Å². The molecule has 0 heterocycles. The largest absolute Gasteiger partial charge is 0.466 e. The van der Waals surface area contributed by atoms with Gasteiger partial charge in [-0.1, -0.05) is 26.2 Å². The van der Waals surface area contributed by atoms with Crippen molar-refractivity contribution in [2.75, 3.05) is 7.11 Å². The van der Waals surface area contributed by atoms with E-state index in [4.69, 9.17) is 4.74 Å². The van der Waals surface area contributed by atoms with Crippen LogP contribution in [0.1, 0.15) is 46.0 Å². The number of hydrogen-bond acceptors (Lipinski definition) is 4. The summed E-state index contributed by atoms with van der Waals surface area (Å²) in [4.78, 5) is 21.9.